The first-order valence-corrected chi connectivity index (χ1v) is 11.9. The van der Waals surface area contributed by atoms with Gasteiger partial charge in [-0.25, -0.2) is 0 Å². The minimum absolute atomic E-state index is 0.0106. The summed E-state index contributed by atoms with van der Waals surface area (Å²) >= 11 is 11.6. The molecule has 5 rings (SSSR count). The maximum Gasteiger partial charge on any atom is 0.270 e. The highest BCUT2D eigenvalue weighted by Gasteiger charge is 2.35. The average molecular weight is 500 g/mol. The molecule has 2 heterocycles. The van der Waals surface area contributed by atoms with Gasteiger partial charge in [-0.05, 0) is 61.5 Å². The zero-order valence-electron chi connectivity index (χ0n) is 19.2. The Labute approximate surface area is 213 Å². The number of carbonyl (C=O) groups excluding carboxylic acids is 2. The van der Waals surface area contributed by atoms with E-state index in [-0.39, 0.29) is 10.7 Å². The van der Waals surface area contributed by atoms with Crippen LogP contribution in [-0.2, 0) is 16.1 Å². The number of aryl methyl sites for hydroxylation is 1. The maximum absolute atomic E-state index is 13.5. The van der Waals surface area contributed by atoms with Crippen LogP contribution in [-0.4, -0.2) is 21.5 Å². The number of nitrogens with one attached hydrogen (secondary N) is 1. The fourth-order valence-electron chi connectivity index (χ4n) is 4.40. The van der Waals surface area contributed by atoms with Crippen LogP contribution < -0.4 is 10.2 Å². The summed E-state index contributed by atoms with van der Waals surface area (Å²) in [5, 5.41) is 4.15. The number of halogens is 1. The molecule has 0 bridgehead atoms. The third-order valence-corrected chi connectivity index (χ3v) is 6.83. The fourth-order valence-corrected chi connectivity index (χ4v) is 4.84. The fraction of sp³-hybridized carbons (Fsp3) is 0.107. The molecule has 2 amide bonds. The van der Waals surface area contributed by atoms with Gasteiger partial charge in [-0.2, -0.15) is 0 Å². The highest BCUT2D eigenvalue weighted by molar-refractivity contribution is 7.80. The number of anilines is 1. The molecule has 1 aliphatic heterocycles. The molecule has 35 heavy (non-hydrogen) atoms. The number of para-hydroxylation sites is 1. The van der Waals surface area contributed by atoms with Crippen molar-refractivity contribution in [2.75, 3.05) is 4.90 Å². The van der Waals surface area contributed by atoms with Crippen molar-refractivity contribution in [3.8, 4) is 0 Å². The minimum Gasteiger partial charge on any atom is -0.342 e. The predicted octanol–water partition coefficient (Wildman–Crippen LogP) is 5.79. The van der Waals surface area contributed by atoms with Gasteiger partial charge in [0.2, 0.25) is 0 Å². The summed E-state index contributed by atoms with van der Waals surface area (Å²) in [5.41, 5.74) is 5.42. The molecule has 0 spiro atoms. The molecule has 1 aromatic heterocycles. The summed E-state index contributed by atoms with van der Waals surface area (Å²) in [4.78, 5) is 27.7. The van der Waals surface area contributed by atoms with Crippen molar-refractivity contribution < 1.29 is 9.59 Å². The van der Waals surface area contributed by atoms with E-state index < -0.39 is 11.8 Å². The molecule has 1 fully saturated rings. The number of amides is 2. The SMILES string of the molecule is Cc1cccc(Cn2cc(/C=C3/C(=O)NC(=S)N(c4cccc(Cl)c4C)C3=O)c3ccccc32)c1. The van der Waals surface area contributed by atoms with Crippen molar-refractivity contribution in [1.82, 2.24) is 9.88 Å². The van der Waals surface area contributed by atoms with Gasteiger partial charge in [0.05, 0.1) is 5.69 Å². The van der Waals surface area contributed by atoms with Gasteiger partial charge in [0, 0.05) is 34.2 Å². The standard InChI is InChI=1S/C28H22ClN3O2S/c1-17-7-5-8-19(13-17)15-31-16-20(21-9-3-4-11-25(21)31)14-22-26(33)30-28(35)32(27(22)34)24-12-6-10-23(29)18(24)2/h3-14,16H,15H2,1-2H3,(H,30,33,35)/b22-14-. The van der Waals surface area contributed by atoms with Crippen molar-refractivity contribution in [3.63, 3.8) is 0 Å². The Morgan fingerprint density at radius 1 is 1.00 bits per heavy atom. The number of nitrogens with zero attached hydrogens (tertiary/aromatic N) is 2. The van der Waals surface area contributed by atoms with E-state index in [0.717, 1.165) is 16.5 Å². The number of benzene rings is 3. The van der Waals surface area contributed by atoms with Crippen LogP contribution in [0.25, 0.3) is 17.0 Å². The molecule has 0 unspecified atom stereocenters. The lowest BCUT2D eigenvalue weighted by Crippen LogP contribution is -2.54. The summed E-state index contributed by atoms with van der Waals surface area (Å²) in [5.74, 6) is -1.01. The monoisotopic (exact) mass is 499 g/mol. The van der Waals surface area contributed by atoms with Gasteiger partial charge < -0.3 is 4.57 Å². The van der Waals surface area contributed by atoms with E-state index in [9.17, 15) is 9.59 Å². The van der Waals surface area contributed by atoms with Crippen molar-refractivity contribution in [3.05, 3.63) is 106 Å². The van der Waals surface area contributed by atoms with Gasteiger partial charge in [0.1, 0.15) is 5.57 Å². The van der Waals surface area contributed by atoms with Gasteiger partial charge in [0.25, 0.3) is 11.8 Å². The van der Waals surface area contributed by atoms with Gasteiger partial charge in [-0.15, -0.1) is 0 Å². The van der Waals surface area contributed by atoms with Crippen molar-refractivity contribution >= 4 is 63.4 Å². The van der Waals surface area contributed by atoms with Gasteiger partial charge in [0.15, 0.2) is 5.11 Å². The molecular formula is C28H22ClN3O2S. The normalized spacial score (nSPS) is 15.2. The second kappa shape index (κ2) is 9.13. The van der Waals surface area contributed by atoms with Crippen molar-refractivity contribution in [2.24, 2.45) is 0 Å². The van der Waals surface area contributed by atoms with E-state index in [2.05, 4.69) is 35.0 Å². The Balaban J connectivity index is 1.59. The topological polar surface area (TPSA) is 54.3 Å². The second-order valence-electron chi connectivity index (χ2n) is 8.56. The van der Waals surface area contributed by atoms with E-state index in [1.165, 1.54) is 16.0 Å². The summed E-state index contributed by atoms with van der Waals surface area (Å²) in [6.45, 7) is 4.55. The highest BCUT2D eigenvalue weighted by atomic mass is 35.5. The average Bonchev–Trinajstić information content (AvgIpc) is 3.16. The third-order valence-electron chi connectivity index (χ3n) is 6.14. The second-order valence-corrected chi connectivity index (χ2v) is 9.35. The van der Waals surface area contributed by atoms with Crippen LogP contribution in [0.15, 0.2) is 78.5 Å². The number of fused-ring (bicyclic) bond motifs is 1. The van der Waals surface area contributed by atoms with Crippen molar-refractivity contribution in [1.29, 1.82) is 0 Å². The first-order chi connectivity index (χ1) is 16.8. The Hall–Kier alpha value is -3.74. The Morgan fingerprint density at radius 3 is 2.57 bits per heavy atom. The van der Waals surface area contributed by atoms with E-state index in [1.54, 1.807) is 24.3 Å². The number of rotatable bonds is 4. The van der Waals surface area contributed by atoms with Crippen LogP contribution in [0.4, 0.5) is 5.69 Å². The molecule has 1 N–H and O–H groups in total. The first kappa shape index (κ1) is 23.0. The van der Waals surface area contributed by atoms with E-state index in [0.29, 0.717) is 22.8 Å². The quantitative estimate of drug-likeness (QED) is 0.219. The van der Waals surface area contributed by atoms with Crippen LogP contribution in [0.2, 0.25) is 5.02 Å². The number of hydrogen-bond donors (Lipinski definition) is 1. The molecule has 7 heteroatoms. The van der Waals surface area contributed by atoms with Crippen LogP contribution in [0.3, 0.4) is 0 Å². The molecule has 0 atom stereocenters. The largest absolute Gasteiger partial charge is 0.342 e. The molecule has 5 nitrogen and oxygen atoms in total. The van der Waals surface area contributed by atoms with Crippen molar-refractivity contribution in [2.45, 2.75) is 20.4 Å². The number of thiocarbonyl (C=S) groups is 1. The number of carbonyl (C=O) groups is 2. The summed E-state index contributed by atoms with van der Waals surface area (Å²) in [6, 6.07) is 21.5. The minimum atomic E-state index is -0.522. The van der Waals surface area contributed by atoms with E-state index in [4.69, 9.17) is 23.8 Å². The zero-order valence-corrected chi connectivity index (χ0v) is 20.8. The molecule has 0 saturated carbocycles. The number of aromatic nitrogens is 1. The molecular weight excluding hydrogens is 478 g/mol. The zero-order chi connectivity index (χ0) is 24.7. The summed E-state index contributed by atoms with van der Waals surface area (Å²) < 4.78 is 2.13. The van der Waals surface area contributed by atoms with Gasteiger partial charge >= 0.3 is 0 Å². The van der Waals surface area contributed by atoms with Crippen LogP contribution >= 0.6 is 23.8 Å². The highest BCUT2D eigenvalue weighted by Crippen LogP contribution is 2.31. The Kier molecular flexibility index (Phi) is 6.01. The van der Waals surface area contributed by atoms with Crippen LogP contribution in [0, 0.1) is 13.8 Å². The van der Waals surface area contributed by atoms with E-state index >= 15 is 0 Å². The summed E-state index contributed by atoms with van der Waals surface area (Å²) in [6.07, 6.45) is 3.61. The Morgan fingerprint density at radius 2 is 1.77 bits per heavy atom. The molecule has 174 valence electrons. The third kappa shape index (κ3) is 4.27. The predicted molar refractivity (Wildman–Crippen MR) is 145 cm³/mol. The lowest BCUT2D eigenvalue weighted by Gasteiger charge is -2.30. The molecule has 4 aromatic rings. The lowest BCUT2D eigenvalue weighted by molar-refractivity contribution is -0.122. The molecule has 0 aliphatic carbocycles. The Bertz CT molecular complexity index is 1550. The lowest BCUT2D eigenvalue weighted by atomic mass is 10.1. The van der Waals surface area contributed by atoms with Gasteiger partial charge in [-0.1, -0.05) is 65.7 Å². The molecule has 1 aliphatic rings. The maximum atomic E-state index is 13.5. The van der Waals surface area contributed by atoms with Gasteiger partial charge in [-0.3, -0.25) is 19.8 Å². The molecule has 1 saturated heterocycles. The van der Waals surface area contributed by atoms with Crippen LogP contribution in [0.5, 0.6) is 0 Å². The number of hydrogen-bond acceptors (Lipinski definition) is 3. The van der Waals surface area contributed by atoms with E-state index in [1.807, 2.05) is 43.5 Å². The molecule has 0 radical (unpaired) electrons. The first-order valence-electron chi connectivity index (χ1n) is 11.1. The summed E-state index contributed by atoms with van der Waals surface area (Å²) in [7, 11) is 0. The smallest absolute Gasteiger partial charge is 0.270 e. The molecule has 3 aromatic carbocycles. The van der Waals surface area contributed by atoms with Crippen LogP contribution in [0.1, 0.15) is 22.3 Å².